The molecule has 1 heterocycles. The number of hydrogen-bond acceptors (Lipinski definition) is 4. The average Bonchev–Trinajstić information content (AvgIpc) is 2.87. The predicted molar refractivity (Wildman–Crippen MR) is 75.6 cm³/mol. The van der Waals surface area contributed by atoms with Gasteiger partial charge in [0.25, 0.3) is 5.91 Å². The summed E-state index contributed by atoms with van der Waals surface area (Å²) in [6, 6.07) is 3.84. The molecule has 0 unspecified atom stereocenters. The minimum absolute atomic E-state index is 0.144. The molecule has 0 fully saturated rings. The first-order valence-electron chi connectivity index (χ1n) is 6.49. The summed E-state index contributed by atoms with van der Waals surface area (Å²) in [4.78, 5) is 11.3. The van der Waals surface area contributed by atoms with E-state index >= 15 is 0 Å². The average molecular weight is 274 g/mol. The van der Waals surface area contributed by atoms with Crippen LogP contribution in [0.25, 0.3) is 11.3 Å². The Labute approximate surface area is 117 Å². The highest BCUT2D eigenvalue weighted by molar-refractivity contribution is 5.96. The molecule has 0 atom stereocenters. The van der Waals surface area contributed by atoms with Crippen LogP contribution in [0.3, 0.4) is 0 Å². The number of primary amides is 1. The smallest absolute Gasteiger partial charge is 0.271 e. The number of benzene rings is 1. The molecular weight excluding hydrogens is 256 g/mol. The second kappa shape index (κ2) is 5.73. The van der Waals surface area contributed by atoms with Crippen LogP contribution in [0, 0.1) is 13.8 Å². The van der Waals surface area contributed by atoms with Crippen LogP contribution in [0.2, 0.25) is 0 Å². The van der Waals surface area contributed by atoms with Gasteiger partial charge in [0.1, 0.15) is 11.4 Å². The van der Waals surface area contributed by atoms with Gasteiger partial charge >= 0.3 is 0 Å². The van der Waals surface area contributed by atoms with Crippen molar-refractivity contribution < 1.29 is 9.53 Å². The van der Waals surface area contributed by atoms with Gasteiger partial charge in [-0.15, -0.1) is 0 Å². The zero-order valence-electron chi connectivity index (χ0n) is 11.9. The predicted octanol–water partition coefficient (Wildman–Crippen LogP) is 1.98. The molecule has 1 amide bonds. The largest absolute Gasteiger partial charge is 0.493 e. The van der Waals surface area contributed by atoms with E-state index in [0.29, 0.717) is 12.3 Å². The summed E-state index contributed by atoms with van der Waals surface area (Å²) in [5.74, 6) is 0.273. The van der Waals surface area contributed by atoms with Gasteiger partial charge in [0.15, 0.2) is 5.69 Å². The number of amides is 1. The number of H-pyrrole nitrogens is 1. The quantitative estimate of drug-likeness (QED) is 0.871. The van der Waals surface area contributed by atoms with Crippen LogP contribution in [0.4, 0.5) is 0 Å². The highest BCUT2D eigenvalue weighted by atomic mass is 16.5. The molecule has 2 aromatic rings. The fraction of sp³-hybridized carbons (Fsp3) is 0.357. The lowest BCUT2D eigenvalue weighted by Gasteiger charge is -2.13. The van der Waals surface area contributed by atoms with E-state index in [1.807, 2.05) is 26.0 Å². The molecule has 0 saturated heterocycles. The molecule has 0 radical (unpaired) electrons. The maximum atomic E-state index is 11.3. The molecule has 20 heavy (non-hydrogen) atoms. The fourth-order valence-corrected chi connectivity index (χ4v) is 2.12. The summed E-state index contributed by atoms with van der Waals surface area (Å²) < 4.78 is 5.73. The molecule has 106 valence electrons. The Kier molecular flexibility index (Phi) is 4.02. The van der Waals surface area contributed by atoms with Gasteiger partial charge in [-0.05, 0) is 43.5 Å². The highest BCUT2D eigenvalue weighted by Gasteiger charge is 2.17. The van der Waals surface area contributed by atoms with Crippen molar-refractivity contribution in [3.63, 3.8) is 0 Å². The van der Waals surface area contributed by atoms with E-state index in [1.54, 1.807) is 0 Å². The number of aryl methyl sites for hydroxylation is 2. The van der Waals surface area contributed by atoms with Crippen molar-refractivity contribution in [1.82, 2.24) is 15.4 Å². The van der Waals surface area contributed by atoms with Crippen LogP contribution in [-0.2, 0) is 0 Å². The van der Waals surface area contributed by atoms with Gasteiger partial charge in [0.2, 0.25) is 0 Å². The Morgan fingerprint density at radius 2 is 1.95 bits per heavy atom. The molecule has 3 N–H and O–H groups in total. The van der Waals surface area contributed by atoms with Crippen LogP contribution in [0.15, 0.2) is 12.1 Å². The van der Waals surface area contributed by atoms with E-state index in [9.17, 15) is 4.79 Å². The summed E-state index contributed by atoms with van der Waals surface area (Å²) in [5.41, 5.74) is 8.67. The Morgan fingerprint density at radius 1 is 1.30 bits per heavy atom. The Morgan fingerprint density at radius 3 is 2.50 bits per heavy atom. The lowest BCUT2D eigenvalue weighted by atomic mass is 10.0. The van der Waals surface area contributed by atoms with E-state index in [4.69, 9.17) is 10.5 Å². The molecule has 1 aromatic carbocycles. The first-order chi connectivity index (χ1) is 9.54. The molecule has 0 saturated carbocycles. The third-order valence-electron chi connectivity index (χ3n) is 2.97. The number of aromatic amines is 1. The van der Waals surface area contributed by atoms with Crippen molar-refractivity contribution in [2.45, 2.75) is 27.2 Å². The second-order valence-corrected chi connectivity index (χ2v) is 4.67. The molecule has 6 nitrogen and oxygen atoms in total. The van der Waals surface area contributed by atoms with Crippen molar-refractivity contribution in [3.8, 4) is 17.0 Å². The Bertz CT molecular complexity index is 611. The number of nitrogens with zero attached hydrogens (tertiary/aromatic N) is 2. The van der Waals surface area contributed by atoms with Crippen LogP contribution in [0.1, 0.15) is 35.0 Å². The monoisotopic (exact) mass is 274 g/mol. The maximum absolute atomic E-state index is 11.3. The Balaban J connectivity index is 2.44. The summed E-state index contributed by atoms with van der Waals surface area (Å²) in [6.07, 6.45) is 0.954. The summed E-state index contributed by atoms with van der Waals surface area (Å²) in [7, 11) is 0. The van der Waals surface area contributed by atoms with Gasteiger partial charge in [-0.2, -0.15) is 15.4 Å². The first-order valence-corrected chi connectivity index (χ1v) is 6.49. The molecule has 0 aliphatic carbocycles. The minimum atomic E-state index is -0.602. The van der Waals surface area contributed by atoms with Crippen molar-refractivity contribution in [1.29, 1.82) is 0 Å². The van der Waals surface area contributed by atoms with Crippen molar-refractivity contribution >= 4 is 5.91 Å². The molecule has 1 aromatic heterocycles. The second-order valence-electron chi connectivity index (χ2n) is 4.67. The van der Waals surface area contributed by atoms with E-state index in [0.717, 1.165) is 28.9 Å². The molecule has 0 aliphatic heterocycles. The number of carbonyl (C=O) groups is 1. The van der Waals surface area contributed by atoms with Crippen molar-refractivity contribution in [2.24, 2.45) is 5.73 Å². The summed E-state index contributed by atoms with van der Waals surface area (Å²) in [6.45, 7) is 6.67. The number of hydrogen-bond donors (Lipinski definition) is 2. The van der Waals surface area contributed by atoms with Crippen molar-refractivity contribution in [3.05, 3.63) is 29.0 Å². The van der Waals surface area contributed by atoms with Gasteiger partial charge in [-0.1, -0.05) is 6.92 Å². The zero-order valence-corrected chi connectivity index (χ0v) is 11.9. The lowest BCUT2D eigenvalue weighted by Crippen LogP contribution is -2.12. The summed E-state index contributed by atoms with van der Waals surface area (Å²) in [5, 5.41) is 10.2. The van der Waals surface area contributed by atoms with Gasteiger partial charge < -0.3 is 10.5 Å². The zero-order chi connectivity index (χ0) is 14.7. The number of ether oxygens (including phenoxy) is 1. The van der Waals surface area contributed by atoms with E-state index in [-0.39, 0.29) is 5.69 Å². The third kappa shape index (κ3) is 2.64. The molecule has 0 spiro atoms. The molecule has 2 rings (SSSR count). The van der Waals surface area contributed by atoms with E-state index in [1.165, 1.54) is 0 Å². The van der Waals surface area contributed by atoms with E-state index < -0.39 is 5.91 Å². The molecule has 0 bridgehead atoms. The van der Waals surface area contributed by atoms with E-state index in [2.05, 4.69) is 22.3 Å². The Hall–Kier alpha value is -2.37. The van der Waals surface area contributed by atoms with Crippen LogP contribution >= 0.6 is 0 Å². The molecule has 0 aliphatic rings. The lowest BCUT2D eigenvalue weighted by molar-refractivity contribution is 0.0996. The molecular formula is C14H18N4O2. The van der Waals surface area contributed by atoms with Gasteiger partial charge in [-0.25, -0.2) is 0 Å². The van der Waals surface area contributed by atoms with Crippen LogP contribution in [-0.4, -0.2) is 27.9 Å². The number of rotatable bonds is 5. The third-order valence-corrected chi connectivity index (χ3v) is 2.97. The topological polar surface area (TPSA) is 93.9 Å². The maximum Gasteiger partial charge on any atom is 0.271 e. The summed E-state index contributed by atoms with van der Waals surface area (Å²) >= 11 is 0. The van der Waals surface area contributed by atoms with Crippen molar-refractivity contribution in [2.75, 3.05) is 6.61 Å². The number of carbonyl (C=O) groups excluding carboxylic acids is 1. The standard InChI is InChI=1S/C14H18N4O2/c1-4-5-20-13-8(2)6-10(7-9(13)3)11-12(14(15)19)17-18-16-11/h6-7H,4-5H2,1-3H3,(H2,15,19)(H,16,17,18). The van der Waals surface area contributed by atoms with Crippen LogP contribution < -0.4 is 10.5 Å². The first kappa shape index (κ1) is 14.0. The van der Waals surface area contributed by atoms with Gasteiger partial charge in [-0.3, -0.25) is 4.79 Å². The number of nitrogens with one attached hydrogen (secondary N) is 1. The van der Waals surface area contributed by atoms with Gasteiger partial charge in [0.05, 0.1) is 6.61 Å². The number of aromatic nitrogens is 3. The SMILES string of the molecule is CCCOc1c(C)cc(-c2n[nH]nc2C(N)=O)cc1C. The molecule has 6 heteroatoms. The highest BCUT2D eigenvalue weighted by Crippen LogP contribution is 2.30. The fourth-order valence-electron chi connectivity index (χ4n) is 2.12. The normalized spacial score (nSPS) is 10.6. The van der Waals surface area contributed by atoms with Gasteiger partial charge in [0, 0.05) is 5.56 Å². The minimum Gasteiger partial charge on any atom is -0.493 e. The van der Waals surface area contributed by atoms with Crippen LogP contribution in [0.5, 0.6) is 5.75 Å². The number of nitrogens with two attached hydrogens (primary N) is 1.